The van der Waals surface area contributed by atoms with Gasteiger partial charge in [0, 0.05) is 19.4 Å². The third kappa shape index (κ3) is 4.99. The Balaban J connectivity index is 2.16. The Labute approximate surface area is 100 Å². The zero-order valence-corrected chi connectivity index (χ0v) is 9.91. The van der Waals surface area contributed by atoms with Gasteiger partial charge in [0.15, 0.2) is 6.29 Å². The SMILES string of the molecule is C[C@@H]1O[C@@H](OCCCCC(=O)O)[C@H](O)C[C@H]1O. The molecule has 0 aliphatic carbocycles. The van der Waals surface area contributed by atoms with Gasteiger partial charge >= 0.3 is 5.97 Å². The first-order valence-electron chi connectivity index (χ1n) is 5.85. The summed E-state index contributed by atoms with van der Waals surface area (Å²) in [4.78, 5) is 10.3. The maximum atomic E-state index is 10.3. The van der Waals surface area contributed by atoms with Crippen LogP contribution >= 0.6 is 0 Å². The van der Waals surface area contributed by atoms with Gasteiger partial charge in [-0.1, -0.05) is 0 Å². The number of unbranched alkanes of at least 4 members (excludes halogenated alkanes) is 1. The van der Waals surface area contributed by atoms with E-state index in [9.17, 15) is 15.0 Å². The van der Waals surface area contributed by atoms with Crippen LogP contribution in [0.25, 0.3) is 0 Å². The molecule has 0 saturated carbocycles. The summed E-state index contributed by atoms with van der Waals surface area (Å²) >= 11 is 0. The van der Waals surface area contributed by atoms with Gasteiger partial charge in [0.2, 0.25) is 0 Å². The number of carboxylic acids is 1. The van der Waals surface area contributed by atoms with Crippen molar-refractivity contribution >= 4 is 5.97 Å². The molecule has 1 fully saturated rings. The number of aliphatic hydroxyl groups excluding tert-OH is 2. The van der Waals surface area contributed by atoms with E-state index in [-0.39, 0.29) is 18.9 Å². The minimum absolute atomic E-state index is 0.118. The van der Waals surface area contributed by atoms with Gasteiger partial charge in [0.05, 0.1) is 12.2 Å². The van der Waals surface area contributed by atoms with Crippen LogP contribution in [0.1, 0.15) is 32.6 Å². The van der Waals surface area contributed by atoms with E-state index in [2.05, 4.69) is 0 Å². The molecule has 0 spiro atoms. The summed E-state index contributed by atoms with van der Waals surface area (Å²) in [6, 6.07) is 0. The first-order valence-corrected chi connectivity index (χ1v) is 5.85. The molecule has 6 heteroatoms. The number of aliphatic carboxylic acids is 1. The summed E-state index contributed by atoms with van der Waals surface area (Å²) in [6.45, 7) is 2.06. The van der Waals surface area contributed by atoms with E-state index >= 15 is 0 Å². The molecule has 1 rings (SSSR count). The molecule has 0 aromatic heterocycles. The molecule has 17 heavy (non-hydrogen) atoms. The number of hydrogen-bond acceptors (Lipinski definition) is 5. The van der Waals surface area contributed by atoms with Crippen LogP contribution in [-0.2, 0) is 14.3 Å². The normalized spacial score (nSPS) is 33.6. The van der Waals surface area contributed by atoms with Crippen molar-refractivity contribution in [1.82, 2.24) is 0 Å². The Morgan fingerprint density at radius 1 is 1.35 bits per heavy atom. The molecule has 3 N–H and O–H groups in total. The lowest BCUT2D eigenvalue weighted by Gasteiger charge is -2.35. The molecule has 0 aromatic carbocycles. The molecule has 0 amide bonds. The first kappa shape index (κ1) is 14.4. The highest BCUT2D eigenvalue weighted by Crippen LogP contribution is 2.21. The van der Waals surface area contributed by atoms with Crippen LogP contribution < -0.4 is 0 Å². The Kier molecular flexibility index (Phi) is 5.84. The molecule has 0 aromatic rings. The third-order valence-electron chi connectivity index (χ3n) is 2.75. The van der Waals surface area contributed by atoms with Crippen LogP contribution in [0.15, 0.2) is 0 Å². The Hall–Kier alpha value is -0.690. The van der Waals surface area contributed by atoms with Crippen molar-refractivity contribution in [3.63, 3.8) is 0 Å². The highest BCUT2D eigenvalue weighted by Gasteiger charge is 2.34. The van der Waals surface area contributed by atoms with Crippen molar-refractivity contribution in [3.8, 4) is 0 Å². The van der Waals surface area contributed by atoms with E-state index in [1.165, 1.54) is 0 Å². The number of carbonyl (C=O) groups is 1. The highest BCUT2D eigenvalue weighted by atomic mass is 16.7. The van der Waals surface area contributed by atoms with Crippen LogP contribution in [0.3, 0.4) is 0 Å². The Morgan fingerprint density at radius 3 is 2.71 bits per heavy atom. The zero-order chi connectivity index (χ0) is 12.8. The Morgan fingerprint density at radius 2 is 2.06 bits per heavy atom. The van der Waals surface area contributed by atoms with Crippen LogP contribution in [0.5, 0.6) is 0 Å². The van der Waals surface area contributed by atoms with E-state index in [0.29, 0.717) is 19.4 Å². The molecular formula is C11H20O6. The van der Waals surface area contributed by atoms with Gasteiger partial charge in [-0.05, 0) is 19.8 Å². The van der Waals surface area contributed by atoms with Crippen molar-refractivity contribution in [2.45, 2.75) is 57.2 Å². The molecular weight excluding hydrogens is 228 g/mol. The van der Waals surface area contributed by atoms with E-state index in [1.54, 1.807) is 6.92 Å². The maximum absolute atomic E-state index is 10.3. The number of rotatable bonds is 6. The van der Waals surface area contributed by atoms with Crippen molar-refractivity contribution in [2.75, 3.05) is 6.61 Å². The number of ether oxygens (including phenoxy) is 2. The van der Waals surface area contributed by atoms with Crippen LogP contribution in [0.4, 0.5) is 0 Å². The molecule has 0 unspecified atom stereocenters. The van der Waals surface area contributed by atoms with Crippen molar-refractivity contribution in [2.24, 2.45) is 0 Å². The summed E-state index contributed by atoms with van der Waals surface area (Å²) in [6.07, 6.45) is -1.09. The standard InChI is InChI=1S/C11H20O6/c1-7-8(12)6-9(13)11(17-7)16-5-3-2-4-10(14)15/h7-9,11-13H,2-6H2,1H3,(H,14,15)/t7-,8+,9+,11+/m0/s1. The van der Waals surface area contributed by atoms with Gasteiger partial charge < -0.3 is 24.8 Å². The summed E-state index contributed by atoms with van der Waals surface area (Å²) in [7, 11) is 0. The van der Waals surface area contributed by atoms with Crippen molar-refractivity contribution in [1.29, 1.82) is 0 Å². The predicted molar refractivity (Wildman–Crippen MR) is 58.4 cm³/mol. The molecule has 1 aliphatic rings. The monoisotopic (exact) mass is 248 g/mol. The summed E-state index contributed by atoms with van der Waals surface area (Å²) < 4.78 is 10.6. The lowest BCUT2D eigenvalue weighted by atomic mass is 10.0. The average molecular weight is 248 g/mol. The van der Waals surface area contributed by atoms with Gasteiger partial charge in [0.1, 0.15) is 6.10 Å². The second kappa shape index (κ2) is 6.90. The van der Waals surface area contributed by atoms with Crippen molar-refractivity contribution < 1.29 is 29.6 Å². The molecule has 1 heterocycles. The van der Waals surface area contributed by atoms with Crippen LogP contribution in [0, 0.1) is 0 Å². The largest absolute Gasteiger partial charge is 0.481 e. The van der Waals surface area contributed by atoms with E-state index < -0.39 is 24.5 Å². The summed E-state index contributed by atoms with van der Waals surface area (Å²) in [5, 5.41) is 27.5. The highest BCUT2D eigenvalue weighted by molar-refractivity contribution is 5.66. The van der Waals surface area contributed by atoms with Crippen molar-refractivity contribution in [3.05, 3.63) is 0 Å². The lowest BCUT2D eigenvalue weighted by Crippen LogP contribution is -2.47. The quantitative estimate of drug-likeness (QED) is 0.577. The van der Waals surface area contributed by atoms with E-state index in [0.717, 1.165) is 0 Å². The molecule has 6 nitrogen and oxygen atoms in total. The lowest BCUT2D eigenvalue weighted by molar-refractivity contribution is -0.261. The average Bonchev–Trinajstić information content (AvgIpc) is 2.24. The van der Waals surface area contributed by atoms with Crippen LogP contribution in [0.2, 0.25) is 0 Å². The van der Waals surface area contributed by atoms with Gasteiger partial charge in [0.25, 0.3) is 0 Å². The molecule has 1 saturated heterocycles. The second-order valence-corrected chi connectivity index (χ2v) is 4.30. The smallest absolute Gasteiger partial charge is 0.303 e. The molecule has 0 bridgehead atoms. The first-order chi connectivity index (χ1) is 8.00. The number of aliphatic hydroxyl groups is 2. The fourth-order valence-electron chi connectivity index (χ4n) is 1.67. The number of hydrogen-bond donors (Lipinski definition) is 3. The van der Waals surface area contributed by atoms with Gasteiger partial charge in [-0.2, -0.15) is 0 Å². The maximum Gasteiger partial charge on any atom is 0.303 e. The summed E-state index contributed by atoms with van der Waals surface area (Å²) in [5.74, 6) is -0.823. The molecule has 100 valence electrons. The van der Waals surface area contributed by atoms with Gasteiger partial charge in [-0.25, -0.2) is 0 Å². The van der Waals surface area contributed by atoms with E-state index in [1.807, 2.05) is 0 Å². The fraction of sp³-hybridized carbons (Fsp3) is 0.909. The second-order valence-electron chi connectivity index (χ2n) is 4.30. The summed E-state index contributed by atoms with van der Waals surface area (Å²) in [5.41, 5.74) is 0. The minimum Gasteiger partial charge on any atom is -0.481 e. The fourth-order valence-corrected chi connectivity index (χ4v) is 1.67. The number of carboxylic acid groups (broad SMARTS) is 1. The molecule has 4 atom stereocenters. The topological polar surface area (TPSA) is 96.2 Å². The van der Waals surface area contributed by atoms with E-state index in [4.69, 9.17) is 14.6 Å². The minimum atomic E-state index is -0.833. The van der Waals surface area contributed by atoms with Gasteiger partial charge in [-0.3, -0.25) is 4.79 Å². The molecule has 0 radical (unpaired) electrons. The third-order valence-corrected chi connectivity index (χ3v) is 2.75. The van der Waals surface area contributed by atoms with Gasteiger partial charge in [-0.15, -0.1) is 0 Å². The molecule has 1 aliphatic heterocycles. The zero-order valence-electron chi connectivity index (χ0n) is 9.91. The Bertz CT molecular complexity index is 244. The van der Waals surface area contributed by atoms with Crippen LogP contribution in [-0.4, -0.2) is 52.5 Å². The predicted octanol–water partition coefficient (Wildman–Crippen LogP) is 0.115.